The van der Waals surface area contributed by atoms with Crippen LogP contribution in [0, 0.1) is 0 Å². The van der Waals surface area contributed by atoms with Crippen LogP contribution in [0.5, 0.6) is 0 Å². The highest BCUT2D eigenvalue weighted by atomic mass is 15.1. The van der Waals surface area contributed by atoms with E-state index in [1.165, 1.54) is 22.1 Å². The number of aromatic nitrogens is 1. The molecule has 0 bridgehead atoms. The molecule has 0 spiro atoms. The van der Waals surface area contributed by atoms with Gasteiger partial charge >= 0.3 is 0 Å². The van der Waals surface area contributed by atoms with Crippen LogP contribution in [0.1, 0.15) is 17.5 Å². The molecule has 0 unspecified atom stereocenters. The Kier molecular flexibility index (Phi) is 3.91. The lowest BCUT2D eigenvalue weighted by atomic mass is 9.99. The summed E-state index contributed by atoms with van der Waals surface area (Å²) in [6, 6.07) is 21.3. The van der Waals surface area contributed by atoms with E-state index in [9.17, 15) is 0 Å². The summed E-state index contributed by atoms with van der Waals surface area (Å²) < 4.78 is 0. The third-order valence-corrected chi connectivity index (χ3v) is 4.55. The topological polar surface area (TPSA) is 16.1 Å². The van der Waals surface area contributed by atoms with Gasteiger partial charge in [0.15, 0.2) is 0 Å². The van der Waals surface area contributed by atoms with Gasteiger partial charge in [-0.15, -0.1) is 0 Å². The van der Waals surface area contributed by atoms with Crippen LogP contribution in [0.15, 0.2) is 72.9 Å². The largest absolute Gasteiger partial charge is 0.295 e. The van der Waals surface area contributed by atoms with Crippen molar-refractivity contribution in [3.8, 4) is 0 Å². The van der Waals surface area contributed by atoms with E-state index in [-0.39, 0.29) is 0 Å². The first-order chi connectivity index (χ1) is 11.4. The number of nitrogens with zero attached hydrogens (tertiary/aromatic N) is 2. The summed E-state index contributed by atoms with van der Waals surface area (Å²) in [5.74, 6) is 0. The van der Waals surface area contributed by atoms with Crippen LogP contribution in [-0.2, 0) is 6.54 Å². The Morgan fingerprint density at radius 3 is 2.61 bits per heavy atom. The predicted octanol–water partition coefficient (Wildman–Crippen LogP) is 4.52. The number of para-hydroxylation sites is 1. The van der Waals surface area contributed by atoms with E-state index in [4.69, 9.17) is 0 Å². The highest BCUT2D eigenvalue weighted by Crippen LogP contribution is 2.24. The molecule has 0 radical (unpaired) electrons. The molecule has 4 rings (SSSR count). The quantitative estimate of drug-likeness (QED) is 0.707. The lowest BCUT2D eigenvalue weighted by Crippen LogP contribution is -2.28. The van der Waals surface area contributed by atoms with Crippen LogP contribution in [0.3, 0.4) is 0 Å². The molecule has 0 saturated heterocycles. The third kappa shape index (κ3) is 3.03. The molecule has 0 N–H and O–H groups in total. The summed E-state index contributed by atoms with van der Waals surface area (Å²) in [5.41, 5.74) is 5.28. The second-order valence-corrected chi connectivity index (χ2v) is 6.07. The zero-order valence-electron chi connectivity index (χ0n) is 13.2. The SMILES string of the molecule is C1=C(c2ccccc2)CCN(Cc2cccc3cccnc23)C1. The average Bonchev–Trinajstić information content (AvgIpc) is 2.63. The molecule has 2 aromatic carbocycles. The Morgan fingerprint density at radius 1 is 0.913 bits per heavy atom. The molecule has 1 aliphatic heterocycles. The summed E-state index contributed by atoms with van der Waals surface area (Å²) in [6.07, 6.45) is 5.37. The molecule has 1 aliphatic rings. The molecule has 3 aromatic rings. The third-order valence-electron chi connectivity index (χ3n) is 4.55. The van der Waals surface area contributed by atoms with Crippen molar-refractivity contribution in [2.24, 2.45) is 0 Å². The normalized spacial score (nSPS) is 15.6. The van der Waals surface area contributed by atoms with E-state index in [1.54, 1.807) is 0 Å². The first kappa shape index (κ1) is 14.2. The fourth-order valence-electron chi connectivity index (χ4n) is 3.31. The van der Waals surface area contributed by atoms with Gasteiger partial charge in [-0.3, -0.25) is 9.88 Å². The molecule has 114 valence electrons. The van der Waals surface area contributed by atoms with Gasteiger partial charge in [0.25, 0.3) is 0 Å². The number of fused-ring (bicyclic) bond motifs is 1. The number of benzene rings is 2. The second kappa shape index (κ2) is 6.35. The smallest absolute Gasteiger partial charge is 0.0746 e. The minimum Gasteiger partial charge on any atom is -0.295 e. The average molecular weight is 300 g/mol. The summed E-state index contributed by atoms with van der Waals surface area (Å²) in [5, 5.41) is 1.22. The summed E-state index contributed by atoms with van der Waals surface area (Å²) in [7, 11) is 0. The highest BCUT2D eigenvalue weighted by Gasteiger charge is 2.14. The maximum atomic E-state index is 4.57. The lowest BCUT2D eigenvalue weighted by Gasteiger charge is -2.26. The summed E-state index contributed by atoms with van der Waals surface area (Å²) in [4.78, 5) is 7.06. The number of pyridine rings is 1. The Balaban J connectivity index is 1.52. The van der Waals surface area contributed by atoms with E-state index in [1.807, 2.05) is 12.3 Å². The van der Waals surface area contributed by atoms with Gasteiger partial charge in [-0.25, -0.2) is 0 Å². The van der Waals surface area contributed by atoms with Gasteiger partial charge in [0, 0.05) is 31.2 Å². The molecule has 23 heavy (non-hydrogen) atoms. The molecule has 0 saturated carbocycles. The van der Waals surface area contributed by atoms with E-state index in [0.29, 0.717) is 0 Å². The van der Waals surface area contributed by atoms with E-state index in [2.05, 4.69) is 70.6 Å². The van der Waals surface area contributed by atoms with Crippen LogP contribution >= 0.6 is 0 Å². The lowest BCUT2D eigenvalue weighted by molar-refractivity contribution is 0.295. The predicted molar refractivity (Wildman–Crippen MR) is 96.1 cm³/mol. The Bertz CT molecular complexity index is 831. The van der Waals surface area contributed by atoms with Crippen molar-refractivity contribution in [1.82, 2.24) is 9.88 Å². The van der Waals surface area contributed by atoms with E-state index in [0.717, 1.165) is 31.6 Å². The molecule has 2 heteroatoms. The van der Waals surface area contributed by atoms with E-state index >= 15 is 0 Å². The second-order valence-electron chi connectivity index (χ2n) is 6.07. The van der Waals surface area contributed by atoms with Crippen LogP contribution in [-0.4, -0.2) is 23.0 Å². The zero-order valence-corrected chi connectivity index (χ0v) is 13.2. The number of hydrogen-bond acceptors (Lipinski definition) is 2. The van der Waals surface area contributed by atoms with Crippen LogP contribution < -0.4 is 0 Å². The molecule has 2 heterocycles. The van der Waals surface area contributed by atoms with E-state index < -0.39 is 0 Å². The van der Waals surface area contributed by atoms with Gasteiger partial charge in [-0.1, -0.05) is 60.7 Å². The van der Waals surface area contributed by atoms with Crippen molar-refractivity contribution in [2.75, 3.05) is 13.1 Å². The minimum absolute atomic E-state index is 0.965. The van der Waals surface area contributed by atoms with Crippen molar-refractivity contribution < 1.29 is 0 Å². The minimum atomic E-state index is 0.965. The Morgan fingerprint density at radius 2 is 1.78 bits per heavy atom. The van der Waals surface area contributed by atoms with Gasteiger partial charge in [0.1, 0.15) is 0 Å². The zero-order chi connectivity index (χ0) is 15.5. The van der Waals surface area contributed by atoms with Gasteiger partial charge < -0.3 is 0 Å². The van der Waals surface area contributed by atoms with Crippen LogP contribution in [0.25, 0.3) is 16.5 Å². The molecule has 1 aromatic heterocycles. The monoisotopic (exact) mass is 300 g/mol. The fraction of sp³-hybridized carbons (Fsp3) is 0.190. The van der Waals surface area contributed by atoms with Crippen molar-refractivity contribution in [1.29, 1.82) is 0 Å². The first-order valence-corrected chi connectivity index (χ1v) is 8.19. The molecule has 0 aliphatic carbocycles. The molecule has 0 amide bonds. The molecule has 0 fully saturated rings. The number of rotatable bonds is 3. The van der Waals surface area contributed by atoms with Crippen LogP contribution in [0.4, 0.5) is 0 Å². The van der Waals surface area contributed by atoms with Gasteiger partial charge in [-0.05, 0) is 29.2 Å². The maximum absolute atomic E-state index is 4.57. The molecule has 2 nitrogen and oxygen atoms in total. The van der Waals surface area contributed by atoms with Crippen LogP contribution in [0.2, 0.25) is 0 Å². The van der Waals surface area contributed by atoms with Crippen molar-refractivity contribution in [2.45, 2.75) is 13.0 Å². The van der Waals surface area contributed by atoms with Gasteiger partial charge in [0.2, 0.25) is 0 Å². The Hall–Kier alpha value is -2.45. The van der Waals surface area contributed by atoms with Crippen molar-refractivity contribution in [3.63, 3.8) is 0 Å². The Labute approximate surface area is 137 Å². The fourth-order valence-corrected chi connectivity index (χ4v) is 3.31. The first-order valence-electron chi connectivity index (χ1n) is 8.19. The molecule has 0 atom stereocenters. The summed E-state index contributed by atoms with van der Waals surface area (Å²) in [6.45, 7) is 3.07. The molecular formula is C21H20N2. The maximum Gasteiger partial charge on any atom is 0.0746 e. The standard InChI is InChI=1S/C21H20N2/c1-2-6-17(7-3-1)18-11-14-23(15-12-18)16-20-9-4-8-19-10-5-13-22-21(19)20/h1-11,13H,12,14-16H2. The van der Waals surface area contributed by atoms with Crippen molar-refractivity contribution in [3.05, 3.63) is 84.1 Å². The van der Waals surface area contributed by atoms with Crippen molar-refractivity contribution >= 4 is 16.5 Å². The highest BCUT2D eigenvalue weighted by molar-refractivity contribution is 5.81. The number of hydrogen-bond donors (Lipinski definition) is 0. The summed E-state index contributed by atoms with van der Waals surface area (Å²) >= 11 is 0. The molecular weight excluding hydrogens is 280 g/mol. The van der Waals surface area contributed by atoms with Gasteiger partial charge in [0.05, 0.1) is 5.52 Å². The van der Waals surface area contributed by atoms with Gasteiger partial charge in [-0.2, -0.15) is 0 Å².